The van der Waals surface area contributed by atoms with Gasteiger partial charge in [0, 0.05) is 6.04 Å². The van der Waals surface area contributed by atoms with Crippen molar-refractivity contribution >= 4 is 11.6 Å². The molecule has 0 unspecified atom stereocenters. The minimum Gasteiger partial charge on any atom is -0.404 e. The van der Waals surface area contributed by atoms with Crippen LogP contribution in [0.2, 0.25) is 5.02 Å². The van der Waals surface area contributed by atoms with Crippen molar-refractivity contribution in [2.75, 3.05) is 0 Å². The lowest BCUT2D eigenvalue weighted by Crippen LogP contribution is -2.20. The number of rotatable bonds is 3. The Bertz CT molecular complexity index is 445. The highest BCUT2D eigenvalue weighted by molar-refractivity contribution is 6.32. The van der Waals surface area contributed by atoms with Crippen molar-refractivity contribution in [3.05, 3.63) is 28.8 Å². The number of alkyl halides is 6. The third-order valence-corrected chi connectivity index (χ3v) is 2.36. The van der Waals surface area contributed by atoms with Crippen LogP contribution in [-0.2, 0) is 0 Å². The molecule has 0 bridgehead atoms. The monoisotopic (exact) mass is 307 g/mol. The van der Waals surface area contributed by atoms with Gasteiger partial charge in [-0.3, -0.25) is 0 Å². The van der Waals surface area contributed by atoms with Crippen molar-refractivity contribution < 1.29 is 31.1 Å². The molecule has 1 aromatic carbocycles. The molecule has 1 atom stereocenters. The molecule has 1 aromatic rings. The molecule has 0 aliphatic heterocycles. The van der Waals surface area contributed by atoms with E-state index in [1.54, 1.807) is 0 Å². The molecule has 0 aromatic heterocycles. The highest BCUT2D eigenvalue weighted by Crippen LogP contribution is 2.34. The number of hydrogen-bond donors (Lipinski definition) is 1. The van der Waals surface area contributed by atoms with Crippen LogP contribution >= 0.6 is 11.6 Å². The lowest BCUT2D eigenvalue weighted by atomic mass is 10.0. The fraction of sp³-hybridized carbons (Fsp3) is 0.400. The SMILES string of the molecule is N[C@H](CC(F)(F)F)c1ccc(OC(F)(F)F)c(Cl)c1. The van der Waals surface area contributed by atoms with Crippen molar-refractivity contribution in [3.63, 3.8) is 0 Å². The summed E-state index contributed by atoms with van der Waals surface area (Å²) in [6.07, 6.45) is -10.7. The zero-order valence-electron chi connectivity index (χ0n) is 9.15. The second kappa shape index (κ2) is 5.46. The van der Waals surface area contributed by atoms with Crippen LogP contribution in [0.1, 0.15) is 18.0 Å². The average Bonchev–Trinajstić information content (AvgIpc) is 2.16. The van der Waals surface area contributed by atoms with E-state index in [0.29, 0.717) is 0 Å². The summed E-state index contributed by atoms with van der Waals surface area (Å²) in [5.41, 5.74) is 5.25. The summed E-state index contributed by atoms with van der Waals surface area (Å²) in [5.74, 6) is -0.697. The topological polar surface area (TPSA) is 35.2 Å². The third-order valence-electron chi connectivity index (χ3n) is 2.06. The van der Waals surface area contributed by atoms with Gasteiger partial charge in [0.05, 0.1) is 11.4 Å². The molecule has 0 spiro atoms. The highest BCUT2D eigenvalue weighted by atomic mass is 35.5. The summed E-state index contributed by atoms with van der Waals surface area (Å²) < 4.78 is 75.7. The molecular formula is C10H8ClF6NO. The van der Waals surface area contributed by atoms with Crippen LogP contribution in [0.5, 0.6) is 5.75 Å². The molecule has 0 heterocycles. The number of nitrogens with two attached hydrogens (primary N) is 1. The van der Waals surface area contributed by atoms with Gasteiger partial charge in [-0.25, -0.2) is 0 Å². The van der Waals surface area contributed by atoms with Crippen molar-refractivity contribution in [1.82, 2.24) is 0 Å². The molecule has 0 aliphatic carbocycles. The number of hydrogen-bond acceptors (Lipinski definition) is 2. The molecule has 0 amide bonds. The van der Waals surface area contributed by atoms with Crippen LogP contribution in [0, 0.1) is 0 Å². The van der Waals surface area contributed by atoms with E-state index in [1.165, 1.54) is 0 Å². The molecule has 0 radical (unpaired) electrons. The number of ether oxygens (including phenoxy) is 1. The maximum Gasteiger partial charge on any atom is 0.573 e. The van der Waals surface area contributed by atoms with E-state index >= 15 is 0 Å². The third kappa shape index (κ3) is 5.56. The molecule has 2 N–H and O–H groups in total. The maximum absolute atomic E-state index is 12.1. The zero-order chi connectivity index (χ0) is 14.8. The second-order valence-corrected chi connectivity index (χ2v) is 4.07. The maximum atomic E-state index is 12.1. The molecule has 1 rings (SSSR count). The van der Waals surface area contributed by atoms with Gasteiger partial charge >= 0.3 is 12.5 Å². The molecule has 0 saturated heterocycles. The smallest absolute Gasteiger partial charge is 0.404 e. The van der Waals surface area contributed by atoms with Gasteiger partial charge in [-0.05, 0) is 17.7 Å². The Labute approximate surface area is 109 Å². The molecular weight excluding hydrogens is 300 g/mol. The number of halogens is 7. The van der Waals surface area contributed by atoms with Crippen LogP contribution in [0.15, 0.2) is 18.2 Å². The van der Waals surface area contributed by atoms with E-state index < -0.39 is 35.8 Å². The van der Waals surface area contributed by atoms with Crippen molar-refractivity contribution in [2.45, 2.75) is 25.0 Å². The second-order valence-electron chi connectivity index (χ2n) is 3.66. The van der Waals surface area contributed by atoms with E-state index in [4.69, 9.17) is 17.3 Å². The Morgan fingerprint density at radius 3 is 2.16 bits per heavy atom. The van der Waals surface area contributed by atoms with E-state index in [9.17, 15) is 26.3 Å². The first-order chi connectivity index (χ1) is 8.48. The van der Waals surface area contributed by atoms with Gasteiger partial charge in [-0.2, -0.15) is 13.2 Å². The molecule has 0 aliphatic rings. The summed E-state index contributed by atoms with van der Waals surface area (Å²) in [6.45, 7) is 0. The predicted molar refractivity (Wildman–Crippen MR) is 55.7 cm³/mol. The standard InChI is InChI=1S/C10H8ClF6NO/c11-6-3-5(7(18)4-9(12,13)14)1-2-8(6)19-10(15,16)17/h1-3,7H,4,18H2/t7-/m1/s1. The highest BCUT2D eigenvalue weighted by Gasteiger charge is 2.33. The minimum atomic E-state index is -4.93. The Morgan fingerprint density at radius 1 is 1.16 bits per heavy atom. The fourth-order valence-electron chi connectivity index (χ4n) is 1.32. The quantitative estimate of drug-likeness (QED) is 0.850. The summed E-state index contributed by atoms with van der Waals surface area (Å²) >= 11 is 5.49. The molecule has 19 heavy (non-hydrogen) atoms. The molecule has 0 saturated carbocycles. The molecule has 9 heteroatoms. The van der Waals surface area contributed by atoms with E-state index in [-0.39, 0.29) is 5.56 Å². The van der Waals surface area contributed by atoms with Crippen LogP contribution in [0.3, 0.4) is 0 Å². The lowest BCUT2D eigenvalue weighted by molar-refractivity contribution is -0.274. The molecule has 2 nitrogen and oxygen atoms in total. The van der Waals surface area contributed by atoms with Crippen LogP contribution in [0.4, 0.5) is 26.3 Å². The van der Waals surface area contributed by atoms with Crippen molar-refractivity contribution in [2.24, 2.45) is 5.73 Å². The fourth-order valence-corrected chi connectivity index (χ4v) is 1.55. The summed E-state index contributed by atoms with van der Waals surface area (Å²) in [5, 5.41) is -0.465. The summed E-state index contributed by atoms with van der Waals surface area (Å²) in [7, 11) is 0. The van der Waals surface area contributed by atoms with Crippen molar-refractivity contribution in [3.8, 4) is 5.75 Å². The van der Waals surface area contributed by atoms with E-state index in [1.807, 2.05) is 0 Å². The Balaban J connectivity index is 2.88. The summed E-state index contributed by atoms with van der Waals surface area (Å²) in [4.78, 5) is 0. The molecule has 0 fully saturated rings. The van der Waals surface area contributed by atoms with Gasteiger partial charge in [0.15, 0.2) is 0 Å². The lowest BCUT2D eigenvalue weighted by Gasteiger charge is -2.16. The van der Waals surface area contributed by atoms with Crippen LogP contribution in [-0.4, -0.2) is 12.5 Å². The Hall–Kier alpha value is -1.15. The van der Waals surface area contributed by atoms with Gasteiger partial charge in [0.2, 0.25) is 0 Å². The normalized spacial score (nSPS) is 14.3. The van der Waals surface area contributed by atoms with Gasteiger partial charge in [0.25, 0.3) is 0 Å². The van der Waals surface area contributed by atoms with E-state index in [2.05, 4.69) is 4.74 Å². The van der Waals surface area contributed by atoms with Crippen molar-refractivity contribution in [1.29, 1.82) is 0 Å². The van der Waals surface area contributed by atoms with Crippen LogP contribution in [0.25, 0.3) is 0 Å². The minimum absolute atomic E-state index is 0.0307. The number of benzene rings is 1. The Kier molecular flexibility index (Phi) is 4.57. The van der Waals surface area contributed by atoms with Gasteiger partial charge in [0.1, 0.15) is 5.75 Å². The van der Waals surface area contributed by atoms with Gasteiger partial charge < -0.3 is 10.5 Å². The van der Waals surface area contributed by atoms with Gasteiger partial charge in [-0.1, -0.05) is 17.7 Å². The first kappa shape index (κ1) is 15.9. The average molecular weight is 308 g/mol. The van der Waals surface area contributed by atoms with E-state index in [0.717, 1.165) is 18.2 Å². The first-order valence-corrected chi connectivity index (χ1v) is 5.23. The Morgan fingerprint density at radius 2 is 1.74 bits per heavy atom. The van der Waals surface area contributed by atoms with Crippen LogP contribution < -0.4 is 10.5 Å². The molecule has 108 valence electrons. The van der Waals surface area contributed by atoms with Gasteiger partial charge in [-0.15, -0.1) is 13.2 Å². The first-order valence-electron chi connectivity index (χ1n) is 4.85. The zero-order valence-corrected chi connectivity index (χ0v) is 9.90. The predicted octanol–water partition coefficient (Wildman–Crippen LogP) is 4.19. The summed E-state index contributed by atoms with van der Waals surface area (Å²) in [6, 6.07) is 1.33. The largest absolute Gasteiger partial charge is 0.573 e.